The van der Waals surface area contributed by atoms with Crippen molar-refractivity contribution in [1.82, 2.24) is 4.98 Å². The van der Waals surface area contributed by atoms with Crippen LogP contribution >= 0.6 is 0 Å². The first-order chi connectivity index (χ1) is 5.24. The van der Waals surface area contributed by atoms with Gasteiger partial charge in [-0.05, 0) is 6.92 Å². The molecule has 0 aliphatic rings. The van der Waals surface area contributed by atoms with Crippen LogP contribution in [-0.2, 0) is 0 Å². The summed E-state index contributed by atoms with van der Waals surface area (Å²) in [5, 5.41) is 0. The summed E-state index contributed by atoms with van der Waals surface area (Å²) < 4.78 is 5.15. The van der Waals surface area contributed by atoms with Crippen LogP contribution in [0.1, 0.15) is 6.92 Å². The van der Waals surface area contributed by atoms with Crippen molar-refractivity contribution in [2.45, 2.75) is 6.92 Å². The second-order valence-corrected chi connectivity index (χ2v) is 2.09. The number of aromatic nitrogens is 1. The Bertz CT molecular complexity index is 249. The van der Waals surface area contributed by atoms with Crippen LogP contribution in [0.25, 0.3) is 0 Å². The molecule has 0 atom stereocenters. The van der Waals surface area contributed by atoms with Gasteiger partial charge in [-0.15, -0.1) is 0 Å². The molecular weight excluding hydrogens is 142 g/mol. The summed E-state index contributed by atoms with van der Waals surface area (Å²) in [4.78, 5) is 3.83. The van der Waals surface area contributed by atoms with E-state index in [9.17, 15) is 0 Å². The number of rotatable bonds is 2. The van der Waals surface area contributed by atoms with Gasteiger partial charge in [0.15, 0.2) is 11.6 Å². The minimum atomic E-state index is 0.376. The fraction of sp³-hybridized carbons (Fsp3) is 0.286. The lowest BCUT2D eigenvalue weighted by Crippen LogP contribution is -2.00. The Morgan fingerprint density at radius 1 is 1.55 bits per heavy atom. The molecule has 1 rings (SSSR count). The molecular formula is C7H11N3O. The largest absolute Gasteiger partial charge is 0.490 e. The third-order valence-electron chi connectivity index (χ3n) is 1.20. The molecule has 0 saturated heterocycles. The predicted molar refractivity (Wildman–Crippen MR) is 44.2 cm³/mol. The van der Waals surface area contributed by atoms with Crippen molar-refractivity contribution in [2.75, 3.05) is 18.1 Å². The first-order valence-corrected chi connectivity index (χ1v) is 3.38. The minimum absolute atomic E-state index is 0.376. The Kier molecular flexibility index (Phi) is 2.15. The first-order valence-electron chi connectivity index (χ1n) is 3.38. The molecule has 4 nitrogen and oxygen atoms in total. The van der Waals surface area contributed by atoms with Crippen LogP contribution in [0.3, 0.4) is 0 Å². The van der Waals surface area contributed by atoms with Gasteiger partial charge >= 0.3 is 0 Å². The number of nitrogen functional groups attached to an aromatic ring is 2. The Balaban J connectivity index is 2.93. The second kappa shape index (κ2) is 3.09. The van der Waals surface area contributed by atoms with E-state index in [0.717, 1.165) is 0 Å². The highest BCUT2D eigenvalue weighted by Crippen LogP contribution is 2.20. The van der Waals surface area contributed by atoms with Gasteiger partial charge in [0.2, 0.25) is 0 Å². The van der Waals surface area contributed by atoms with Crippen molar-refractivity contribution in [3.8, 4) is 5.75 Å². The monoisotopic (exact) mass is 153 g/mol. The topological polar surface area (TPSA) is 74.2 Å². The van der Waals surface area contributed by atoms with Crippen molar-refractivity contribution in [1.29, 1.82) is 0 Å². The molecule has 60 valence electrons. The van der Waals surface area contributed by atoms with Crippen LogP contribution in [0, 0.1) is 0 Å². The average molecular weight is 153 g/mol. The summed E-state index contributed by atoms with van der Waals surface area (Å²) in [5.41, 5.74) is 11.5. The van der Waals surface area contributed by atoms with E-state index < -0.39 is 0 Å². The van der Waals surface area contributed by atoms with Crippen LogP contribution in [0.5, 0.6) is 5.75 Å². The zero-order valence-electron chi connectivity index (χ0n) is 6.37. The molecule has 0 unspecified atom stereocenters. The van der Waals surface area contributed by atoms with Gasteiger partial charge in [0, 0.05) is 6.07 Å². The van der Waals surface area contributed by atoms with E-state index in [0.29, 0.717) is 23.9 Å². The molecule has 1 aromatic heterocycles. The average Bonchev–Trinajstić information content (AvgIpc) is 1.98. The molecule has 4 heteroatoms. The standard InChI is InChI=1S/C7H11N3O/c1-2-11-6-3-5(8)4-10-7(6)9/h3-4H,2,8H2,1H3,(H2,9,10). The Labute approximate surface area is 65.2 Å². The van der Waals surface area contributed by atoms with Crippen molar-refractivity contribution < 1.29 is 4.74 Å². The molecule has 11 heavy (non-hydrogen) atoms. The van der Waals surface area contributed by atoms with Crippen molar-refractivity contribution in [2.24, 2.45) is 0 Å². The molecule has 1 aromatic rings. The summed E-state index contributed by atoms with van der Waals surface area (Å²) in [6, 6.07) is 1.66. The zero-order valence-corrected chi connectivity index (χ0v) is 6.37. The summed E-state index contributed by atoms with van der Waals surface area (Å²) >= 11 is 0. The second-order valence-electron chi connectivity index (χ2n) is 2.09. The molecule has 1 heterocycles. The van der Waals surface area contributed by atoms with Gasteiger partial charge in [0.05, 0.1) is 18.5 Å². The SMILES string of the molecule is CCOc1cc(N)cnc1N. The maximum absolute atomic E-state index is 5.48. The lowest BCUT2D eigenvalue weighted by Gasteiger charge is -2.05. The van der Waals surface area contributed by atoms with Gasteiger partial charge < -0.3 is 16.2 Å². The number of pyridine rings is 1. The Hall–Kier alpha value is -1.45. The van der Waals surface area contributed by atoms with Gasteiger partial charge in [-0.1, -0.05) is 0 Å². The van der Waals surface area contributed by atoms with Crippen LogP contribution in [0.15, 0.2) is 12.3 Å². The third-order valence-corrected chi connectivity index (χ3v) is 1.20. The van der Waals surface area contributed by atoms with Crippen LogP contribution in [0.2, 0.25) is 0 Å². The molecule has 0 aliphatic heterocycles. The molecule has 0 aliphatic carbocycles. The van der Waals surface area contributed by atoms with Crippen LogP contribution < -0.4 is 16.2 Å². The molecule has 0 spiro atoms. The van der Waals surface area contributed by atoms with E-state index >= 15 is 0 Å². The van der Waals surface area contributed by atoms with E-state index in [2.05, 4.69) is 4.98 Å². The lowest BCUT2D eigenvalue weighted by atomic mass is 10.4. The number of nitrogens with two attached hydrogens (primary N) is 2. The summed E-state index contributed by atoms with van der Waals surface area (Å²) in [6.45, 7) is 2.44. The summed E-state index contributed by atoms with van der Waals surface area (Å²) in [7, 11) is 0. The number of nitrogens with zero attached hydrogens (tertiary/aromatic N) is 1. The zero-order chi connectivity index (χ0) is 8.27. The molecule has 0 fully saturated rings. The fourth-order valence-electron chi connectivity index (χ4n) is 0.741. The number of hydrogen-bond acceptors (Lipinski definition) is 4. The highest BCUT2D eigenvalue weighted by atomic mass is 16.5. The van der Waals surface area contributed by atoms with Crippen molar-refractivity contribution in [3.05, 3.63) is 12.3 Å². The lowest BCUT2D eigenvalue weighted by molar-refractivity contribution is 0.341. The molecule has 0 saturated carbocycles. The fourth-order valence-corrected chi connectivity index (χ4v) is 0.741. The van der Waals surface area contributed by atoms with E-state index in [1.165, 1.54) is 6.20 Å². The molecule has 0 radical (unpaired) electrons. The van der Waals surface area contributed by atoms with Crippen molar-refractivity contribution in [3.63, 3.8) is 0 Å². The predicted octanol–water partition coefficient (Wildman–Crippen LogP) is 0.645. The highest BCUT2D eigenvalue weighted by molar-refractivity contribution is 5.53. The summed E-state index contributed by atoms with van der Waals surface area (Å²) in [5.74, 6) is 0.925. The van der Waals surface area contributed by atoms with E-state index in [-0.39, 0.29) is 0 Å². The molecule has 0 amide bonds. The number of anilines is 2. The van der Waals surface area contributed by atoms with Crippen LogP contribution in [0.4, 0.5) is 11.5 Å². The Morgan fingerprint density at radius 3 is 2.91 bits per heavy atom. The quantitative estimate of drug-likeness (QED) is 0.654. The maximum atomic E-state index is 5.48. The minimum Gasteiger partial charge on any atom is -0.490 e. The Morgan fingerprint density at radius 2 is 2.27 bits per heavy atom. The van der Waals surface area contributed by atoms with Gasteiger partial charge in [0.25, 0.3) is 0 Å². The first kappa shape index (κ1) is 7.65. The third kappa shape index (κ3) is 1.73. The van der Waals surface area contributed by atoms with Gasteiger partial charge in [-0.25, -0.2) is 4.98 Å². The molecule has 0 aromatic carbocycles. The van der Waals surface area contributed by atoms with Gasteiger partial charge in [-0.2, -0.15) is 0 Å². The molecule has 4 N–H and O–H groups in total. The molecule has 0 bridgehead atoms. The van der Waals surface area contributed by atoms with Gasteiger partial charge in [0.1, 0.15) is 0 Å². The smallest absolute Gasteiger partial charge is 0.166 e. The van der Waals surface area contributed by atoms with Gasteiger partial charge in [-0.3, -0.25) is 0 Å². The maximum Gasteiger partial charge on any atom is 0.166 e. The van der Waals surface area contributed by atoms with E-state index in [1.54, 1.807) is 6.07 Å². The number of ether oxygens (including phenoxy) is 1. The normalized spacial score (nSPS) is 9.55. The highest BCUT2D eigenvalue weighted by Gasteiger charge is 1.99. The van der Waals surface area contributed by atoms with Crippen molar-refractivity contribution >= 4 is 11.5 Å². The van der Waals surface area contributed by atoms with E-state index in [4.69, 9.17) is 16.2 Å². The number of hydrogen-bond donors (Lipinski definition) is 2. The summed E-state index contributed by atoms with van der Waals surface area (Å²) in [6.07, 6.45) is 1.50. The van der Waals surface area contributed by atoms with Crippen LogP contribution in [-0.4, -0.2) is 11.6 Å². The van der Waals surface area contributed by atoms with E-state index in [1.807, 2.05) is 6.92 Å².